The summed E-state index contributed by atoms with van der Waals surface area (Å²) >= 11 is 5.47. The molecule has 1 aliphatic heterocycles. The monoisotopic (exact) mass is 354 g/mol. The quantitative estimate of drug-likeness (QED) is 0.688. The first-order chi connectivity index (χ1) is 11.2. The Kier molecular flexibility index (Phi) is 5.50. The van der Waals surface area contributed by atoms with Crippen molar-refractivity contribution >= 4 is 41.4 Å². The SMILES string of the molecule is CC1=C(SCc2ccccn2)S/C(=C\c2ccc(C#N)cc2)S1. The molecule has 2 nitrogen and oxygen atoms in total. The molecule has 2 heterocycles. The van der Waals surface area contributed by atoms with Crippen molar-refractivity contribution in [3.05, 3.63) is 78.9 Å². The molecule has 1 aromatic carbocycles. The molecule has 0 fully saturated rings. The van der Waals surface area contributed by atoms with Crippen LogP contribution in [-0.2, 0) is 5.75 Å². The van der Waals surface area contributed by atoms with E-state index in [1.165, 1.54) is 13.4 Å². The molecule has 2 aromatic rings. The van der Waals surface area contributed by atoms with Crippen LogP contribution in [-0.4, -0.2) is 4.98 Å². The van der Waals surface area contributed by atoms with Crippen molar-refractivity contribution < 1.29 is 0 Å². The number of pyridine rings is 1. The minimum Gasteiger partial charge on any atom is -0.260 e. The number of nitriles is 1. The third-order valence-electron chi connectivity index (χ3n) is 3.14. The number of benzene rings is 1. The first-order valence-electron chi connectivity index (χ1n) is 7.06. The van der Waals surface area contributed by atoms with Gasteiger partial charge in [-0.05, 0) is 42.8 Å². The summed E-state index contributed by atoms with van der Waals surface area (Å²) in [7, 11) is 0. The molecule has 0 aliphatic carbocycles. The van der Waals surface area contributed by atoms with E-state index in [1.807, 2.05) is 77.9 Å². The lowest BCUT2D eigenvalue weighted by Crippen LogP contribution is -1.84. The average molecular weight is 355 g/mol. The molecule has 0 unspecified atom stereocenters. The normalized spacial score (nSPS) is 15.9. The van der Waals surface area contributed by atoms with Crippen LogP contribution in [0.25, 0.3) is 6.08 Å². The van der Waals surface area contributed by atoms with Crippen LogP contribution in [0.3, 0.4) is 0 Å². The second-order valence-corrected chi connectivity index (χ2v) is 8.67. The van der Waals surface area contributed by atoms with Crippen LogP contribution in [0.2, 0.25) is 0 Å². The maximum absolute atomic E-state index is 8.85. The standard InChI is InChI=1S/C18H14N2S3/c1-13-18(21-12-16-4-2-3-9-20-16)23-17(22-13)10-14-5-7-15(11-19)8-6-14/h2-10H,12H2,1H3/b17-10-. The molecule has 0 saturated carbocycles. The van der Waals surface area contributed by atoms with Crippen molar-refractivity contribution in [2.24, 2.45) is 0 Å². The van der Waals surface area contributed by atoms with Crippen LogP contribution >= 0.6 is 35.3 Å². The zero-order chi connectivity index (χ0) is 16.1. The molecular formula is C18H14N2S3. The minimum absolute atomic E-state index is 0.694. The van der Waals surface area contributed by atoms with Crippen LogP contribution in [0.4, 0.5) is 0 Å². The molecule has 0 bridgehead atoms. The molecule has 0 spiro atoms. The second kappa shape index (κ2) is 7.78. The zero-order valence-electron chi connectivity index (χ0n) is 12.5. The van der Waals surface area contributed by atoms with Crippen molar-refractivity contribution in [3.63, 3.8) is 0 Å². The average Bonchev–Trinajstić information content (AvgIpc) is 2.94. The number of hydrogen-bond donors (Lipinski definition) is 0. The third-order valence-corrected chi connectivity index (χ3v) is 7.15. The summed E-state index contributed by atoms with van der Waals surface area (Å²) in [4.78, 5) is 5.71. The third kappa shape index (κ3) is 4.44. The van der Waals surface area contributed by atoms with E-state index in [2.05, 4.69) is 30.1 Å². The lowest BCUT2D eigenvalue weighted by molar-refractivity contribution is 1.18. The molecule has 0 N–H and O–H groups in total. The molecule has 1 aromatic heterocycles. The Hall–Kier alpha value is -1.61. The van der Waals surface area contributed by atoms with E-state index in [-0.39, 0.29) is 0 Å². The van der Waals surface area contributed by atoms with Gasteiger partial charge in [0.25, 0.3) is 0 Å². The van der Waals surface area contributed by atoms with E-state index < -0.39 is 0 Å². The summed E-state index contributed by atoms with van der Waals surface area (Å²) in [6, 6.07) is 15.9. The van der Waals surface area contributed by atoms with Gasteiger partial charge in [0.1, 0.15) is 0 Å². The van der Waals surface area contributed by atoms with E-state index >= 15 is 0 Å². The van der Waals surface area contributed by atoms with Gasteiger partial charge in [0.2, 0.25) is 0 Å². The van der Waals surface area contributed by atoms with Gasteiger partial charge in [-0.25, -0.2) is 0 Å². The van der Waals surface area contributed by atoms with Gasteiger partial charge in [-0.2, -0.15) is 5.26 Å². The van der Waals surface area contributed by atoms with Gasteiger partial charge in [-0.1, -0.05) is 41.7 Å². The molecule has 1 aliphatic rings. The highest BCUT2D eigenvalue weighted by molar-refractivity contribution is 8.35. The predicted octanol–water partition coefficient (Wildman–Crippen LogP) is 5.85. The number of allylic oxidation sites excluding steroid dienone is 1. The van der Waals surface area contributed by atoms with Gasteiger partial charge in [-0.3, -0.25) is 4.98 Å². The van der Waals surface area contributed by atoms with Gasteiger partial charge >= 0.3 is 0 Å². The predicted molar refractivity (Wildman–Crippen MR) is 103 cm³/mol. The van der Waals surface area contributed by atoms with E-state index in [0.29, 0.717) is 5.56 Å². The van der Waals surface area contributed by atoms with E-state index in [0.717, 1.165) is 17.0 Å². The van der Waals surface area contributed by atoms with Crippen LogP contribution in [0.15, 0.2) is 62.0 Å². The Bertz CT molecular complexity index is 787. The van der Waals surface area contributed by atoms with Crippen LogP contribution in [0.5, 0.6) is 0 Å². The van der Waals surface area contributed by atoms with Gasteiger partial charge in [0.05, 0.1) is 25.8 Å². The van der Waals surface area contributed by atoms with E-state index in [9.17, 15) is 0 Å². The fraction of sp³-hybridized carbons (Fsp3) is 0.111. The van der Waals surface area contributed by atoms with Crippen molar-refractivity contribution in [2.45, 2.75) is 12.7 Å². The summed E-state index contributed by atoms with van der Waals surface area (Å²) < 4.78 is 2.62. The number of thioether (sulfide) groups is 3. The number of rotatable bonds is 4. The number of hydrogen-bond acceptors (Lipinski definition) is 5. The van der Waals surface area contributed by atoms with E-state index in [1.54, 1.807) is 0 Å². The molecule has 0 radical (unpaired) electrons. The first kappa shape index (κ1) is 16.3. The number of nitrogens with zero attached hydrogens (tertiary/aromatic N) is 2. The van der Waals surface area contributed by atoms with Crippen LogP contribution in [0.1, 0.15) is 23.7 Å². The molecule has 0 amide bonds. The Morgan fingerprint density at radius 3 is 2.70 bits per heavy atom. The summed E-state index contributed by atoms with van der Waals surface area (Å²) in [5.74, 6) is 0.894. The Morgan fingerprint density at radius 2 is 2.00 bits per heavy atom. The number of aromatic nitrogens is 1. The van der Waals surface area contributed by atoms with Crippen molar-refractivity contribution in [3.8, 4) is 6.07 Å². The Morgan fingerprint density at radius 1 is 1.17 bits per heavy atom. The van der Waals surface area contributed by atoms with Gasteiger partial charge in [0, 0.05) is 16.9 Å². The lowest BCUT2D eigenvalue weighted by atomic mass is 10.1. The summed E-state index contributed by atoms with van der Waals surface area (Å²) in [6.07, 6.45) is 4.01. The topological polar surface area (TPSA) is 36.7 Å². The van der Waals surface area contributed by atoms with Crippen molar-refractivity contribution in [1.82, 2.24) is 4.98 Å². The lowest BCUT2D eigenvalue weighted by Gasteiger charge is -2.02. The van der Waals surface area contributed by atoms with Crippen LogP contribution in [0, 0.1) is 11.3 Å². The summed E-state index contributed by atoms with van der Waals surface area (Å²) in [5.41, 5.74) is 2.93. The molecule has 0 atom stereocenters. The first-order valence-corrected chi connectivity index (χ1v) is 9.67. The fourth-order valence-corrected chi connectivity index (χ4v) is 5.92. The van der Waals surface area contributed by atoms with Gasteiger partial charge in [-0.15, -0.1) is 11.8 Å². The van der Waals surface area contributed by atoms with Gasteiger partial charge < -0.3 is 0 Å². The minimum atomic E-state index is 0.694. The molecule has 23 heavy (non-hydrogen) atoms. The summed E-state index contributed by atoms with van der Waals surface area (Å²) in [6.45, 7) is 2.16. The highest BCUT2D eigenvalue weighted by atomic mass is 32.2. The summed E-state index contributed by atoms with van der Waals surface area (Å²) in [5, 5.41) is 8.85. The smallest absolute Gasteiger partial charge is 0.0991 e. The second-order valence-electron chi connectivity index (χ2n) is 4.85. The zero-order valence-corrected chi connectivity index (χ0v) is 15.0. The van der Waals surface area contributed by atoms with Crippen molar-refractivity contribution in [2.75, 3.05) is 0 Å². The highest BCUT2D eigenvalue weighted by Gasteiger charge is 2.18. The molecular weight excluding hydrogens is 340 g/mol. The molecule has 5 heteroatoms. The molecule has 0 saturated heterocycles. The van der Waals surface area contributed by atoms with Crippen LogP contribution < -0.4 is 0 Å². The van der Waals surface area contributed by atoms with Gasteiger partial charge in [0.15, 0.2) is 0 Å². The van der Waals surface area contributed by atoms with Crippen molar-refractivity contribution in [1.29, 1.82) is 5.26 Å². The Labute approximate surface area is 149 Å². The van der Waals surface area contributed by atoms with E-state index in [4.69, 9.17) is 5.26 Å². The Balaban J connectivity index is 1.63. The fourth-order valence-electron chi connectivity index (χ4n) is 1.98. The largest absolute Gasteiger partial charge is 0.260 e. The molecule has 114 valence electrons. The molecule has 3 rings (SSSR count). The highest BCUT2D eigenvalue weighted by Crippen LogP contribution is 2.54. The maximum Gasteiger partial charge on any atom is 0.0991 e. The maximum atomic E-state index is 8.85.